The number of hydrogen-bond acceptors (Lipinski definition) is 2. The molecule has 0 aromatic carbocycles. The summed E-state index contributed by atoms with van der Waals surface area (Å²) >= 11 is 0. The maximum absolute atomic E-state index is 3.66. The van der Waals surface area contributed by atoms with Gasteiger partial charge in [0.15, 0.2) is 0 Å². The van der Waals surface area contributed by atoms with Gasteiger partial charge in [-0.05, 0) is 24.3 Å². The Labute approximate surface area is 102 Å². The van der Waals surface area contributed by atoms with Crippen molar-refractivity contribution in [3.8, 4) is 0 Å². The molecule has 1 heterocycles. The molecule has 1 rings (SSSR count). The smallest absolute Gasteiger partial charge is 0.0221 e. The van der Waals surface area contributed by atoms with Gasteiger partial charge in [0.05, 0.1) is 0 Å². The zero-order chi connectivity index (χ0) is 12.2. The monoisotopic (exact) mass is 226 g/mol. The first-order valence-electron chi connectivity index (χ1n) is 6.88. The van der Waals surface area contributed by atoms with Crippen molar-refractivity contribution in [1.29, 1.82) is 0 Å². The lowest BCUT2D eigenvalue weighted by Crippen LogP contribution is -2.53. The lowest BCUT2D eigenvalue weighted by Gasteiger charge is -2.37. The summed E-state index contributed by atoms with van der Waals surface area (Å²) in [5.41, 5.74) is 0.469. The predicted octanol–water partition coefficient (Wildman–Crippen LogP) is 2.74. The molecular formula is C14H30N2. The summed E-state index contributed by atoms with van der Waals surface area (Å²) in [6, 6.07) is 0.707. The molecule has 0 aromatic heterocycles. The van der Waals surface area contributed by atoms with Crippen molar-refractivity contribution in [3.05, 3.63) is 0 Å². The largest absolute Gasteiger partial charge is 0.311 e. The van der Waals surface area contributed by atoms with Crippen molar-refractivity contribution in [2.24, 2.45) is 11.3 Å². The second-order valence-corrected chi connectivity index (χ2v) is 6.56. The van der Waals surface area contributed by atoms with Crippen LogP contribution in [-0.2, 0) is 0 Å². The van der Waals surface area contributed by atoms with E-state index in [2.05, 4.69) is 44.8 Å². The highest BCUT2D eigenvalue weighted by atomic mass is 15.2. The predicted molar refractivity (Wildman–Crippen MR) is 71.8 cm³/mol. The maximum Gasteiger partial charge on any atom is 0.0221 e. The van der Waals surface area contributed by atoms with Crippen LogP contribution in [0.1, 0.15) is 47.5 Å². The topological polar surface area (TPSA) is 15.3 Å². The Kier molecular flexibility index (Phi) is 5.26. The van der Waals surface area contributed by atoms with Crippen molar-refractivity contribution < 1.29 is 0 Å². The van der Waals surface area contributed by atoms with Gasteiger partial charge in [-0.15, -0.1) is 0 Å². The number of piperazine rings is 1. The van der Waals surface area contributed by atoms with Crippen LogP contribution < -0.4 is 5.32 Å². The fourth-order valence-electron chi connectivity index (χ4n) is 2.20. The van der Waals surface area contributed by atoms with Crippen LogP contribution in [0.5, 0.6) is 0 Å². The molecule has 96 valence electrons. The first kappa shape index (κ1) is 14.0. The normalized spacial score (nSPS) is 25.7. The van der Waals surface area contributed by atoms with Gasteiger partial charge in [0.2, 0.25) is 0 Å². The van der Waals surface area contributed by atoms with Gasteiger partial charge in [0, 0.05) is 25.7 Å². The van der Waals surface area contributed by atoms with E-state index in [1.54, 1.807) is 0 Å². The molecule has 0 spiro atoms. The highest BCUT2D eigenvalue weighted by molar-refractivity contribution is 4.82. The Morgan fingerprint density at radius 3 is 2.62 bits per heavy atom. The van der Waals surface area contributed by atoms with Gasteiger partial charge in [-0.3, -0.25) is 0 Å². The summed E-state index contributed by atoms with van der Waals surface area (Å²) in [5.74, 6) is 0.803. The minimum atomic E-state index is 0.469. The Balaban J connectivity index is 2.33. The minimum absolute atomic E-state index is 0.469. The molecule has 0 saturated carbocycles. The SMILES string of the molecule is CCC(C)C1CN(CCC(C)(C)C)CCN1. The van der Waals surface area contributed by atoms with Gasteiger partial charge in [-0.1, -0.05) is 41.0 Å². The summed E-state index contributed by atoms with van der Waals surface area (Å²) in [6.07, 6.45) is 2.59. The standard InChI is InChI=1S/C14H30N2/c1-6-12(2)13-11-16(10-8-15-13)9-7-14(3,4)5/h12-13,15H,6-11H2,1-5H3. The molecule has 1 saturated heterocycles. The van der Waals surface area contributed by atoms with E-state index in [1.165, 1.54) is 39.0 Å². The van der Waals surface area contributed by atoms with Crippen molar-refractivity contribution >= 4 is 0 Å². The van der Waals surface area contributed by atoms with Crippen LogP contribution in [0.15, 0.2) is 0 Å². The summed E-state index contributed by atoms with van der Waals surface area (Å²) in [7, 11) is 0. The lowest BCUT2D eigenvalue weighted by molar-refractivity contribution is 0.151. The molecule has 0 aromatic rings. The van der Waals surface area contributed by atoms with E-state index in [1.807, 2.05) is 0 Å². The van der Waals surface area contributed by atoms with Gasteiger partial charge in [0.1, 0.15) is 0 Å². The van der Waals surface area contributed by atoms with Gasteiger partial charge in [0.25, 0.3) is 0 Å². The molecule has 1 aliphatic heterocycles. The quantitative estimate of drug-likeness (QED) is 0.793. The van der Waals surface area contributed by atoms with Gasteiger partial charge in [-0.25, -0.2) is 0 Å². The molecule has 0 aliphatic carbocycles. The third-order valence-electron chi connectivity index (χ3n) is 3.80. The number of rotatable bonds is 4. The lowest BCUT2D eigenvalue weighted by atomic mass is 9.91. The van der Waals surface area contributed by atoms with Crippen LogP contribution in [0.4, 0.5) is 0 Å². The maximum atomic E-state index is 3.66. The van der Waals surface area contributed by atoms with E-state index in [0.717, 1.165) is 5.92 Å². The van der Waals surface area contributed by atoms with Crippen LogP contribution in [0.2, 0.25) is 0 Å². The fourth-order valence-corrected chi connectivity index (χ4v) is 2.20. The Bertz CT molecular complexity index is 195. The molecule has 2 heteroatoms. The molecule has 1 fully saturated rings. The fraction of sp³-hybridized carbons (Fsp3) is 1.00. The van der Waals surface area contributed by atoms with E-state index >= 15 is 0 Å². The number of nitrogens with one attached hydrogen (secondary N) is 1. The minimum Gasteiger partial charge on any atom is -0.311 e. The van der Waals surface area contributed by atoms with Gasteiger partial charge >= 0.3 is 0 Å². The zero-order valence-corrected chi connectivity index (χ0v) is 11.8. The van der Waals surface area contributed by atoms with Crippen LogP contribution in [0, 0.1) is 11.3 Å². The molecule has 2 unspecified atom stereocenters. The zero-order valence-electron chi connectivity index (χ0n) is 11.8. The Morgan fingerprint density at radius 1 is 1.38 bits per heavy atom. The second kappa shape index (κ2) is 6.02. The van der Waals surface area contributed by atoms with E-state index in [9.17, 15) is 0 Å². The summed E-state index contributed by atoms with van der Waals surface area (Å²) < 4.78 is 0. The van der Waals surface area contributed by atoms with E-state index in [0.29, 0.717) is 11.5 Å². The third-order valence-corrected chi connectivity index (χ3v) is 3.80. The molecule has 16 heavy (non-hydrogen) atoms. The molecule has 1 aliphatic rings. The molecular weight excluding hydrogens is 196 g/mol. The third kappa shape index (κ3) is 4.84. The molecule has 2 nitrogen and oxygen atoms in total. The highest BCUT2D eigenvalue weighted by Gasteiger charge is 2.23. The van der Waals surface area contributed by atoms with E-state index in [4.69, 9.17) is 0 Å². The first-order valence-corrected chi connectivity index (χ1v) is 6.88. The summed E-state index contributed by atoms with van der Waals surface area (Å²) in [5, 5.41) is 3.66. The Hall–Kier alpha value is -0.0800. The summed E-state index contributed by atoms with van der Waals surface area (Å²) in [4.78, 5) is 2.64. The van der Waals surface area contributed by atoms with Crippen LogP contribution in [0.3, 0.4) is 0 Å². The molecule has 1 N–H and O–H groups in total. The first-order chi connectivity index (χ1) is 7.42. The number of nitrogens with zero attached hydrogens (tertiary/aromatic N) is 1. The highest BCUT2D eigenvalue weighted by Crippen LogP contribution is 2.20. The van der Waals surface area contributed by atoms with Crippen molar-refractivity contribution in [2.45, 2.75) is 53.5 Å². The van der Waals surface area contributed by atoms with Crippen molar-refractivity contribution in [3.63, 3.8) is 0 Å². The average molecular weight is 226 g/mol. The molecule has 0 bridgehead atoms. The Morgan fingerprint density at radius 2 is 2.06 bits per heavy atom. The van der Waals surface area contributed by atoms with E-state index < -0.39 is 0 Å². The van der Waals surface area contributed by atoms with E-state index in [-0.39, 0.29) is 0 Å². The molecule has 0 radical (unpaired) electrons. The van der Waals surface area contributed by atoms with Crippen molar-refractivity contribution in [2.75, 3.05) is 26.2 Å². The van der Waals surface area contributed by atoms with Crippen LogP contribution in [-0.4, -0.2) is 37.1 Å². The second-order valence-electron chi connectivity index (χ2n) is 6.56. The number of hydrogen-bond donors (Lipinski definition) is 1. The molecule has 2 atom stereocenters. The van der Waals surface area contributed by atoms with Crippen molar-refractivity contribution in [1.82, 2.24) is 10.2 Å². The summed E-state index contributed by atoms with van der Waals surface area (Å²) in [6.45, 7) is 16.6. The molecule has 0 amide bonds. The van der Waals surface area contributed by atoms with Gasteiger partial charge in [-0.2, -0.15) is 0 Å². The van der Waals surface area contributed by atoms with Crippen LogP contribution >= 0.6 is 0 Å². The van der Waals surface area contributed by atoms with Gasteiger partial charge < -0.3 is 10.2 Å². The van der Waals surface area contributed by atoms with Crippen LogP contribution in [0.25, 0.3) is 0 Å². The average Bonchev–Trinajstić information content (AvgIpc) is 2.25.